The van der Waals surface area contributed by atoms with Crippen molar-refractivity contribution in [3.05, 3.63) is 34.1 Å². The van der Waals surface area contributed by atoms with Crippen molar-refractivity contribution in [1.29, 1.82) is 0 Å². The Bertz CT molecular complexity index is 642. The third-order valence-electron chi connectivity index (χ3n) is 2.90. The minimum absolute atomic E-state index is 0.0699. The maximum atomic E-state index is 10.9. The first kappa shape index (κ1) is 14.4. The lowest BCUT2D eigenvalue weighted by Crippen LogP contribution is -2.02. The fourth-order valence-corrected chi connectivity index (χ4v) is 2.36. The zero-order chi connectivity index (χ0) is 14.7. The molecule has 8 heteroatoms. The van der Waals surface area contributed by atoms with Crippen LogP contribution in [0.25, 0.3) is 11.4 Å². The number of nitrogens with zero attached hydrogens (tertiary/aromatic N) is 4. The highest BCUT2D eigenvalue weighted by Crippen LogP contribution is 2.31. The van der Waals surface area contributed by atoms with E-state index in [-0.39, 0.29) is 11.4 Å². The maximum absolute atomic E-state index is 10.9. The quantitative estimate of drug-likeness (QED) is 0.474. The summed E-state index contributed by atoms with van der Waals surface area (Å²) in [6, 6.07) is 4.66. The number of rotatable bonds is 5. The van der Waals surface area contributed by atoms with Crippen LogP contribution in [0.5, 0.6) is 5.75 Å². The molecule has 1 heterocycles. The summed E-state index contributed by atoms with van der Waals surface area (Å²) in [5.41, 5.74) is 0.661. The molecule has 0 spiro atoms. The number of aromatic nitrogens is 3. The summed E-state index contributed by atoms with van der Waals surface area (Å²) in [5.74, 6) is 1.67. The van der Waals surface area contributed by atoms with Gasteiger partial charge in [-0.2, -0.15) is 0 Å². The average molecular weight is 341 g/mol. The molecule has 0 amide bonds. The Balaban J connectivity index is 2.53. The second kappa shape index (κ2) is 6.00. The molecule has 0 aliphatic rings. The number of hydrogen-bond donors (Lipinski definition) is 0. The van der Waals surface area contributed by atoms with Crippen molar-refractivity contribution in [3.63, 3.8) is 0 Å². The van der Waals surface area contributed by atoms with E-state index in [1.165, 1.54) is 13.2 Å². The monoisotopic (exact) mass is 340 g/mol. The number of alkyl halides is 1. The molecule has 0 bridgehead atoms. The summed E-state index contributed by atoms with van der Waals surface area (Å²) >= 11 is 3.36. The topological polar surface area (TPSA) is 83.1 Å². The highest BCUT2D eigenvalue weighted by atomic mass is 79.9. The predicted molar refractivity (Wildman–Crippen MR) is 77.0 cm³/mol. The summed E-state index contributed by atoms with van der Waals surface area (Å²) in [6.07, 6.45) is 0. The number of ether oxygens (including phenoxy) is 1. The van der Waals surface area contributed by atoms with E-state index in [1.807, 2.05) is 11.5 Å². The van der Waals surface area contributed by atoms with Crippen LogP contribution in [0.1, 0.15) is 12.7 Å². The lowest BCUT2D eigenvalue weighted by atomic mass is 10.1. The number of nitro groups is 1. The molecule has 0 saturated heterocycles. The van der Waals surface area contributed by atoms with Crippen molar-refractivity contribution in [2.45, 2.75) is 18.8 Å². The van der Waals surface area contributed by atoms with E-state index in [0.717, 1.165) is 11.4 Å². The Morgan fingerprint density at radius 2 is 2.20 bits per heavy atom. The summed E-state index contributed by atoms with van der Waals surface area (Å²) in [4.78, 5) is 10.4. The predicted octanol–water partition coefficient (Wildman–Crippen LogP) is 2.78. The van der Waals surface area contributed by atoms with Crippen LogP contribution in [-0.4, -0.2) is 26.8 Å². The molecular formula is C12H13BrN4O3. The Labute approximate surface area is 123 Å². The van der Waals surface area contributed by atoms with Gasteiger partial charge in [-0.1, -0.05) is 15.9 Å². The van der Waals surface area contributed by atoms with Gasteiger partial charge in [0.05, 0.1) is 17.4 Å². The van der Waals surface area contributed by atoms with E-state index in [4.69, 9.17) is 4.74 Å². The Hall–Kier alpha value is -1.96. The largest absolute Gasteiger partial charge is 0.490 e. The molecule has 0 aliphatic carbocycles. The van der Waals surface area contributed by atoms with Crippen LogP contribution >= 0.6 is 15.9 Å². The zero-order valence-corrected chi connectivity index (χ0v) is 12.6. The molecule has 0 radical (unpaired) electrons. The second-order valence-electron chi connectivity index (χ2n) is 3.96. The highest BCUT2D eigenvalue weighted by molar-refractivity contribution is 9.08. The first-order valence-electron chi connectivity index (χ1n) is 5.93. The van der Waals surface area contributed by atoms with E-state index < -0.39 is 4.92 Å². The molecule has 7 nitrogen and oxygen atoms in total. The van der Waals surface area contributed by atoms with Crippen LogP contribution < -0.4 is 4.74 Å². The maximum Gasteiger partial charge on any atom is 0.310 e. The molecule has 1 aromatic carbocycles. The normalized spacial score (nSPS) is 10.6. The van der Waals surface area contributed by atoms with Gasteiger partial charge in [-0.15, -0.1) is 10.2 Å². The summed E-state index contributed by atoms with van der Waals surface area (Å²) < 4.78 is 7.01. The molecule has 0 unspecified atom stereocenters. The van der Waals surface area contributed by atoms with Crippen LogP contribution in [0.15, 0.2) is 18.2 Å². The van der Waals surface area contributed by atoms with Gasteiger partial charge in [0.15, 0.2) is 11.6 Å². The van der Waals surface area contributed by atoms with Crippen molar-refractivity contribution in [1.82, 2.24) is 14.8 Å². The van der Waals surface area contributed by atoms with Crippen molar-refractivity contribution in [2.75, 3.05) is 7.11 Å². The fraction of sp³-hybridized carbons (Fsp3) is 0.333. The number of methoxy groups -OCH3 is 1. The first-order valence-corrected chi connectivity index (χ1v) is 7.05. The summed E-state index contributed by atoms with van der Waals surface area (Å²) in [5, 5.41) is 19.7. The van der Waals surface area contributed by atoms with Gasteiger partial charge in [0.2, 0.25) is 0 Å². The van der Waals surface area contributed by atoms with E-state index >= 15 is 0 Å². The van der Waals surface area contributed by atoms with Gasteiger partial charge in [-0.25, -0.2) is 0 Å². The third kappa shape index (κ3) is 2.51. The van der Waals surface area contributed by atoms with E-state index in [2.05, 4.69) is 26.1 Å². The highest BCUT2D eigenvalue weighted by Gasteiger charge is 2.18. The van der Waals surface area contributed by atoms with Gasteiger partial charge in [0, 0.05) is 18.2 Å². The minimum Gasteiger partial charge on any atom is -0.490 e. The molecule has 2 rings (SSSR count). The summed E-state index contributed by atoms with van der Waals surface area (Å²) in [6.45, 7) is 2.70. The van der Waals surface area contributed by atoms with Crippen LogP contribution in [0, 0.1) is 10.1 Å². The Kier molecular flexibility index (Phi) is 4.33. The average Bonchev–Trinajstić information content (AvgIpc) is 2.89. The van der Waals surface area contributed by atoms with Crippen molar-refractivity contribution in [2.24, 2.45) is 0 Å². The van der Waals surface area contributed by atoms with Crippen LogP contribution in [-0.2, 0) is 11.9 Å². The summed E-state index contributed by atoms with van der Waals surface area (Å²) in [7, 11) is 1.40. The number of nitro benzene ring substituents is 1. The minimum atomic E-state index is -0.475. The fourth-order valence-electron chi connectivity index (χ4n) is 1.95. The molecule has 0 N–H and O–H groups in total. The number of halogens is 1. The molecule has 0 fully saturated rings. The van der Waals surface area contributed by atoms with Gasteiger partial charge >= 0.3 is 5.69 Å². The number of hydrogen-bond acceptors (Lipinski definition) is 5. The molecule has 20 heavy (non-hydrogen) atoms. The van der Waals surface area contributed by atoms with Gasteiger partial charge < -0.3 is 9.30 Å². The Morgan fingerprint density at radius 3 is 2.75 bits per heavy atom. The van der Waals surface area contributed by atoms with Gasteiger partial charge in [0.1, 0.15) is 5.82 Å². The van der Waals surface area contributed by atoms with E-state index in [1.54, 1.807) is 12.1 Å². The van der Waals surface area contributed by atoms with Crippen LogP contribution in [0.2, 0.25) is 0 Å². The molecule has 2 aromatic rings. The third-order valence-corrected chi connectivity index (χ3v) is 3.40. The molecule has 0 saturated carbocycles. The van der Waals surface area contributed by atoms with Gasteiger partial charge in [-0.05, 0) is 19.1 Å². The van der Waals surface area contributed by atoms with Crippen LogP contribution in [0.4, 0.5) is 5.69 Å². The lowest BCUT2D eigenvalue weighted by molar-refractivity contribution is -0.385. The first-order chi connectivity index (χ1) is 9.62. The lowest BCUT2D eigenvalue weighted by Gasteiger charge is -2.07. The Morgan fingerprint density at radius 1 is 1.45 bits per heavy atom. The van der Waals surface area contributed by atoms with Gasteiger partial charge in [-0.3, -0.25) is 10.1 Å². The second-order valence-corrected chi connectivity index (χ2v) is 4.52. The molecule has 1 aromatic heterocycles. The SMILES string of the molecule is CCn1c(CBr)nnc1-c1ccc([N+](=O)[O-])c(OC)c1. The molecule has 0 atom stereocenters. The number of benzene rings is 1. The van der Waals surface area contributed by atoms with Crippen molar-refractivity contribution < 1.29 is 9.66 Å². The smallest absolute Gasteiger partial charge is 0.310 e. The van der Waals surface area contributed by atoms with Crippen molar-refractivity contribution in [3.8, 4) is 17.1 Å². The molecular weight excluding hydrogens is 328 g/mol. The van der Waals surface area contributed by atoms with Crippen LogP contribution in [0.3, 0.4) is 0 Å². The van der Waals surface area contributed by atoms with E-state index in [9.17, 15) is 10.1 Å². The standard InChI is InChI=1S/C12H13BrN4O3/c1-3-16-11(7-13)14-15-12(16)8-4-5-9(17(18)19)10(6-8)20-2/h4-6H,3,7H2,1-2H3. The van der Waals surface area contributed by atoms with Crippen molar-refractivity contribution >= 4 is 21.6 Å². The van der Waals surface area contributed by atoms with Gasteiger partial charge in [0.25, 0.3) is 0 Å². The molecule has 0 aliphatic heterocycles. The van der Waals surface area contributed by atoms with E-state index in [0.29, 0.717) is 17.7 Å². The zero-order valence-electron chi connectivity index (χ0n) is 11.0. The molecule has 106 valence electrons.